The summed E-state index contributed by atoms with van der Waals surface area (Å²) in [7, 11) is 0. The number of carbonyl (C=O) groups is 1. The zero-order chi connectivity index (χ0) is 16.3. The molecule has 0 radical (unpaired) electrons. The van der Waals surface area contributed by atoms with Crippen LogP contribution in [0.5, 0.6) is 5.75 Å². The van der Waals surface area contributed by atoms with E-state index in [1.165, 1.54) is 0 Å². The van der Waals surface area contributed by atoms with Crippen molar-refractivity contribution in [2.45, 2.75) is 12.1 Å². The standard InChI is InChI=1S/C19H18N2O2/c20-19(21)13-15(18(22)14-7-3-1-4-8-14)11-12-17(19)23-16-9-5-2-6-10-16/h1-12H,13,20-21H2. The van der Waals surface area contributed by atoms with Gasteiger partial charge in [0, 0.05) is 17.6 Å². The second-order valence-corrected chi connectivity index (χ2v) is 5.55. The van der Waals surface area contributed by atoms with Crippen LogP contribution in [0, 0.1) is 0 Å². The van der Waals surface area contributed by atoms with Gasteiger partial charge in [-0.25, -0.2) is 0 Å². The first kappa shape index (κ1) is 15.2. The topological polar surface area (TPSA) is 78.3 Å². The molecule has 0 heterocycles. The summed E-state index contributed by atoms with van der Waals surface area (Å²) in [6, 6.07) is 18.4. The number of nitrogens with two attached hydrogens (primary N) is 2. The van der Waals surface area contributed by atoms with Gasteiger partial charge >= 0.3 is 0 Å². The van der Waals surface area contributed by atoms with Gasteiger partial charge < -0.3 is 16.2 Å². The fourth-order valence-electron chi connectivity index (χ4n) is 2.47. The number of hydrogen-bond acceptors (Lipinski definition) is 4. The minimum atomic E-state index is -1.22. The summed E-state index contributed by atoms with van der Waals surface area (Å²) in [5.74, 6) is 1.03. The first-order valence-electron chi connectivity index (χ1n) is 7.38. The van der Waals surface area contributed by atoms with Crippen LogP contribution in [-0.2, 0) is 0 Å². The lowest BCUT2D eigenvalue weighted by Crippen LogP contribution is -2.54. The van der Waals surface area contributed by atoms with Gasteiger partial charge in [0.05, 0.1) is 0 Å². The molecule has 0 atom stereocenters. The number of carbonyl (C=O) groups excluding carboxylic acids is 1. The molecule has 3 rings (SSSR count). The first-order valence-corrected chi connectivity index (χ1v) is 7.38. The average Bonchev–Trinajstić information content (AvgIpc) is 2.57. The van der Waals surface area contributed by atoms with E-state index < -0.39 is 5.66 Å². The highest BCUT2D eigenvalue weighted by molar-refractivity contribution is 6.09. The van der Waals surface area contributed by atoms with Crippen LogP contribution in [0.1, 0.15) is 16.8 Å². The van der Waals surface area contributed by atoms with Crippen LogP contribution in [0.15, 0.2) is 84.1 Å². The molecule has 2 aromatic rings. The largest absolute Gasteiger partial charge is 0.458 e. The normalized spacial score (nSPS) is 16.3. The van der Waals surface area contributed by atoms with Crippen molar-refractivity contribution in [2.24, 2.45) is 11.5 Å². The summed E-state index contributed by atoms with van der Waals surface area (Å²) in [6.45, 7) is 0. The molecular formula is C19H18N2O2. The molecule has 0 saturated carbocycles. The van der Waals surface area contributed by atoms with E-state index in [1.807, 2.05) is 48.5 Å². The monoisotopic (exact) mass is 306 g/mol. The molecule has 116 valence electrons. The van der Waals surface area contributed by atoms with Gasteiger partial charge in [-0.15, -0.1) is 0 Å². The van der Waals surface area contributed by atoms with Crippen LogP contribution < -0.4 is 16.2 Å². The van der Waals surface area contributed by atoms with E-state index in [2.05, 4.69) is 0 Å². The van der Waals surface area contributed by atoms with Gasteiger partial charge in [0.1, 0.15) is 17.2 Å². The molecule has 0 bridgehead atoms. The Labute approximate surface area is 135 Å². The lowest BCUT2D eigenvalue weighted by molar-refractivity contribution is 0.102. The van der Waals surface area contributed by atoms with E-state index in [0.717, 1.165) is 0 Å². The summed E-state index contributed by atoms with van der Waals surface area (Å²) >= 11 is 0. The van der Waals surface area contributed by atoms with E-state index in [4.69, 9.17) is 16.2 Å². The molecule has 0 fully saturated rings. The van der Waals surface area contributed by atoms with Gasteiger partial charge in [-0.2, -0.15) is 0 Å². The molecule has 0 spiro atoms. The summed E-state index contributed by atoms with van der Waals surface area (Å²) in [4.78, 5) is 12.5. The van der Waals surface area contributed by atoms with E-state index in [-0.39, 0.29) is 12.2 Å². The maximum absolute atomic E-state index is 12.5. The quantitative estimate of drug-likeness (QED) is 0.672. The van der Waals surface area contributed by atoms with Gasteiger partial charge in [0.25, 0.3) is 0 Å². The van der Waals surface area contributed by atoms with Crippen molar-refractivity contribution in [2.75, 3.05) is 0 Å². The van der Waals surface area contributed by atoms with E-state index >= 15 is 0 Å². The van der Waals surface area contributed by atoms with Crippen molar-refractivity contribution in [1.29, 1.82) is 0 Å². The predicted molar refractivity (Wildman–Crippen MR) is 89.7 cm³/mol. The number of benzene rings is 2. The highest BCUT2D eigenvalue weighted by Gasteiger charge is 2.33. The molecule has 1 aliphatic carbocycles. The Balaban J connectivity index is 1.85. The fourth-order valence-corrected chi connectivity index (χ4v) is 2.47. The Hall–Kier alpha value is -2.69. The number of hydrogen-bond donors (Lipinski definition) is 2. The second kappa shape index (κ2) is 6.20. The Morgan fingerprint density at radius 2 is 1.52 bits per heavy atom. The molecule has 23 heavy (non-hydrogen) atoms. The Kier molecular flexibility index (Phi) is 4.10. The SMILES string of the molecule is NC1(N)CC(C(=O)c2ccccc2)=CC=C1Oc1ccccc1. The lowest BCUT2D eigenvalue weighted by Gasteiger charge is -2.30. The van der Waals surface area contributed by atoms with E-state index in [9.17, 15) is 4.79 Å². The highest BCUT2D eigenvalue weighted by atomic mass is 16.5. The molecule has 0 unspecified atom stereocenters. The number of ketones is 1. The van der Waals surface area contributed by atoms with Gasteiger partial charge in [0.15, 0.2) is 5.78 Å². The molecule has 0 saturated heterocycles. The molecule has 1 aliphatic rings. The van der Waals surface area contributed by atoms with Crippen molar-refractivity contribution in [3.8, 4) is 5.75 Å². The Morgan fingerprint density at radius 3 is 2.13 bits per heavy atom. The second-order valence-electron chi connectivity index (χ2n) is 5.55. The predicted octanol–water partition coefficient (Wildman–Crippen LogP) is 2.78. The molecule has 2 aromatic carbocycles. The average molecular weight is 306 g/mol. The first-order chi connectivity index (χ1) is 11.1. The minimum absolute atomic E-state index is 0.0686. The molecule has 0 amide bonds. The zero-order valence-corrected chi connectivity index (χ0v) is 12.6. The zero-order valence-electron chi connectivity index (χ0n) is 12.6. The summed E-state index contributed by atoms with van der Waals surface area (Å²) in [5.41, 5.74) is 12.3. The number of Topliss-reactive ketones (excluding diaryl/α,β-unsaturated/α-hetero) is 1. The number of rotatable bonds is 4. The number of para-hydroxylation sites is 1. The summed E-state index contributed by atoms with van der Waals surface area (Å²) in [6.07, 6.45) is 3.62. The Morgan fingerprint density at radius 1 is 0.913 bits per heavy atom. The smallest absolute Gasteiger partial charge is 0.189 e. The summed E-state index contributed by atoms with van der Waals surface area (Å²) < 4.78 is 5.76. The number of ether oxygens (including phenoxy) is 1. The third kappa shape index (κ3) is 3.39. The minimum Gasteiger partial charge on any atom is -0.458 e. The summed E-state index contributed by atoms with van der Waals surface area (Å²) in [5, 5.41) is 0. The van der Waals surface area contributed by atoms with Crippen molar-refractivity contribution in [3.63, 3.8) is 0 Å². The van der Waals surface area contributed by atoms with E-state index in [0.29, 0.717) is 22.6 Å². The van der Waals surface area contributed by atoms with Crippen LogP contribution in [0.3, 0.4) is 0 Å². The maximum Gasteiger partial charge on any atom is 0.189 e. The van der Waals surface area contributed by atoms with Gasteiger partial charge in [0.2, 0.25) is 0 Å². The van der Waals surface area contributed by atoms with Crippen LogP contribution in [0.25, 0.3) is 0 Å². The molecular weight excluding hydrogens is 288 g/mol. The lowest BCUT2D eigenvalue weighted by atomic mass is 9.89. The third-order valence-corrected chi connectivity index (χ3v) is 3.68. The third-order valence-electron chi connectivity index (χ3n) is 3.68. The van der Waals surface area contributed by atoms with Crippen molar-refractivity contribution in [1.82, 2.24) is 0 Å². The van der Waals surface area contributed by atoms with E-state index in [1.54, 1.807) is 24.3 Å². The van der Waals surface area contributed by atoms with Crippen molar-refractivity contribution < 1.29 is 9.53 Å². The highest BCUT2D eigenvalue weighted by Crippen LogP contribution is 2.28. The number of allylic oxidation sites excluding steroid dienone is 2. The molecule has 4 nitrogen and oxygen atoms in total. The van der Waals surface area contributed by atoms with Crippen LogP contribution in [0.4, 0.5) is 0 Å². The Bertz CT molecular complexity index is 762. The van der Waals surface area contributed by atoms with Crippen molar-refractivity contribution in [3.05, 3.63) is 89.7 Å². The molecule has 0 aromatic heterocycles. The van der Waals surface area contributed by atoms with Crippen LogP contribution >= 0.6 is 0 Å². The fraction of sp³-hybridized carbons (Fsp3) is 0.105. The molecule has 0 aliphatic heterocycles. The molecule has 4 N–H and O–H groups in total. The molecule has 4 heteroatoms. The van der Waals surface area contributed by atoms with Gasteiger partial charge in [-0.1, -0.05) is 54.6 Å². The maximum atomic E-state index is 12.5. The van der Waals surface area contributed by atoms with Crippen LogP contribution in [0.2, 0.25) is 0 Å². The van der Waals surface area contributed by atoms with Crippen LogP contribution in [-0.4, -0.2) is 11.4 Å². The van der Waals surface area contributed by atoms with Gasteiger partial charge in [-0.3, -0.25) is 4.79 Å². The van der Waals surface area contributed by atoms with Gasteiger partial charge in [-0.05, 0) is 18.2 Å². The van der Waals surface area contributed by atoms with Crippen molar-refractivity contribution >= 4 is 5.78 Å².